The van der Waals surface area contributed by atoms with Crippen LogP contribution in [0.5, 0.6) is 0 Å². The van der Waals surface area contributed by atoms with Gasteiger partial charge >= 0.3 is 0 Å². The minimum atomic E-state index is -0.664. The van der Waals surface area contributed by atoms with E-state index >= 15 is 0 Å². The van der Waals surface area contributed by atoms with Gasteiger partial charge in [-0.15, -0.1) is 0 Å². The molecule has 1 N–H and O–H groups in total. The van der Waals surface area contributed by atoms with Crippen LogP contribution >= 0.6 is 0 Å². The molecule has 1 aromatic carbocycles. The number of likely N-dealkylation sites (tertiary alicyclic amines) is 1. The van der Waals surface area contributed by atoms with Gasteiger partial charge < -0.3 is 10.0 Å². The molecule has 4 atom stereocenters. The average molecular weight is 311 g/mol. The van der Waals surface area contributed by atoms with Crippen LogP contribution in [0.15, 0.2) is 42.5 Å². The molecule has 1 heterocycles. The Labute approximate surface area is 140 Å². The van der Waals surface area contributed by atoms with E-state index in [-0.39, 0.29) is 0 Å². The molecule has 0 spiro atoms. The van der Waals surface area contributed by atoms with Crippen LogP contribution in [0.2, 0.25) is 0 Å². The number of allylic oxidation sites excluding steroid dienone is 2. The Morgan fingerprint density at radius 2 is 1.78 bits per heavy atom. The van der Waals surface area contributed by atoms with Crippen molar-refractivity contribution in [2.75, 3.05) is 19.6 Å². The van der Waals surface area contributed by atoms with Gasteiger partial charge in [-0.3, -0.25) is 0 Å². The molecule has 2 bridgehead atoms. The van der Waals surface area contributed by atoms with Crippen molar-refractivity contribution in [3.05, 3.63) is 48.0 Å². The van der Waals surface area contributed by atoms with Gasteiger partial charge in [0.05, 0.1) is 5.60 Å². The minimum absolute atomic E-state index is 0.393. The molecule has 0 aromatic heterocycles. The third-order valence-electron chi connectivity index (χ3n) is 6.42. The van der Waals surface area contributed by atoms with Gasteiger partial charge in [0.1, 0.15) is 0 Å². The van der Waals surface area contributed by atoms with Gasteiger partial charge in [-0.2, -0.15) is 0 Å². The number of fused-ring (bicyclic) bond motifs is 2. The number of piperidine rings is 1. The maximum atomic E-state index is 11.8. The number of benzene rings is 1. The molecule has 0 radical (unpaired) electrons. The predicted octanol–water partition coefficient (Wildman–Crippen LogP) is 3.96. The standard InChI is InChI=1S/C21H29NO/c23-21(19-7-3-1-4-8-19,11-14-22-12-5-2-6-13-22)20-16-17-9-10-18(20)15-17/h1,3-4,7-10,17-18,20,23H,2,5-6,11-16H2/t17?,18-,20?,21+/m1/s1. The van der Waals surface area contributed by atoms with E-state index in [0.29, 0.717) is 17.8 Å². The van der Waals surface area contributed by atoms with Gasteiger partial charge in [-0.05, 0) is 68.5 Å². The normalized spacial score (nSPS) is 33.0. The van der Waals surface area contributed by atoms with Crippen molar-refractivity contribution in [3.8, 4) is 0 Å². The summed E-state index contributed by atoms with van der Waals surface area (Å²) >= 11 is 0. The number of nitrogens with zero attached hydrogens (tertiary/aromatic N) is 1. The summed E-state index contributed by atoms with van der Waals surface area (Å²) in [7, 11) is 0. The SMILES string of the molecule is O[C@@](CCN1CCCCC1)(c1ccccc1)C1CC2C=C[C@@H]1C2. The molecule has 1 saturated heterocycles. The molecule has 0 amide bonds. The molecule has 2 heteroatoms. The summed E-state index contributed by atoms with van der Waals surface area (Å²) in [6, 6.07) is 10.5. The van der Waals surface area contributed by atoms with Crippen molar-refractivity contribution in [1.29, 1.82) is 0 Å². The Morgan fingerprint density at radius 3 is 2.43 bits per heavy atom. The molecule has 124 valence electrons. The molecule has 1 aliphatic heterocycles. The molecule has 2 fully saturated rings. The number of rotatable bonds is 5. The predicted molar refractivity (Wildman–Crippen MR) is 94.1 cm³/mol. The lowest BCUT2D eigenvalue weighted by Crippen LogP contribution is -2.42. The van der Waals surface area contributed by atoms with E-state index in [2.05, 4.69) is 47.4 Å². The van der Waals surface area contributed by atoms with Crippen molar-refractivity contribution < 1.29 is 5.11 Å². The quantitative estimate of drug-likeness (QED) is 0.832. The maximum Gasteiger partial charge on any atom is 0.0942 e. The number of hydrogen-bond acceptors (Lipinski definition) is 2. The van der Waals surface area contributed by atoms with Crippen molar-refractivity contribution >= 4 is 0 Å². The van der Waals surface area contributed by atoms with Crippen LogP contribution in [0.25, 0.3) is 0 Å². The first-order chi connectivity index (χ1) is 11.3. The first-order valence-electron chi connectivity index (χ1n) is 9.44. The van der Waals surface area contributed by atoms with Crippen LogP contribution in [-0.2, 0) is 5.60 Å². The number of aliphatic hydroxyl groups is 1. The lowest BCUT2D eigenvalue weighted by Gasteiger charge is -2.40. The van der Waals surface area contributed by atoms with E-state index in [9.17, 15) is 5.11 Å². The van der Waals surface area contributed by atoms with Gasteiger partial charge in [0.2, 0.25) is 0 Å². The fourth-order valence-electron chi connectivity index (χ4n) is 5.11. The summed E-state index contributed by atoms with van der Waals surface area (Å²) in [5.74, 6) is 1.67. The zero-order valence-electron chi connectivity index (χ0n) is 14.0. The molecule has 1 saturated carbocycles. The lowest BCUT2D eigenvalue weighted by atomic mass is 9.72. The van der Waals surface area contributed by atoms with E-state index in [1.165, 1.54) is 38.8 Å². The largest absolute Gasteiger partial charge is 0.385 e. The van der Waals surface area contributed by atoms with Crippen molar-refractivity contribution in [1.82, 2.24) is 4.90 Å². The van der Waals surface area contributed by atoms with Crippen LogP contribution in [0.1, 0.15) is 44.1 Å². The van der Waals surface area contributed by atoms with Gasteiger partial charge in [-0.25, -0.2) is 0 Å². The third kappa shape index (κ3) is 2.99. The second kappa shape index (κ2) is 6.41. The third-order valence-corrected chi connectivity index (χ3v) is 6.42. The highest BCUT2D eigenvalue weighted by Crippen LogP contribution is 2.52. The zero-order valence-corrected chi connectivity index (χ0v) is 14.0. The Kier molecular flexibility index (Phi) is 4.29. The highest BCUT2D eigenvalue weighted by molar-refractivity contribution is 5.27. The fraction of sp³-hybridized carbons (Fsp3) is 0.619. The second-order valence-corrected chi connectivity index (χ2v) is 7.83. The summed E-state index contributed by atoms with van der Waals surface area (Å²) < 4.78 is 0. The molecule has 2 aliphatic carbocycles. The molecular weight excluding hydrogens is 282 g/mol. The smallest absolute Gasteiger partial charge is 0.0942 e. The topological polar surface area (TPSA) is 23.5 Å². The highest BCUT2D eigenvalue weighted by atomic mass is 16.3. The monoisotopic (exact) mass is 311 g/mol. The van der Waals surface area contributed by atoms with Gasteiger partial charge in [0, 0.05) is 6.54 Å². The number of hydrogen-bond donors (Lipinski definition) is 1. The lowest BCUT2D eigenvalue weighted by molar-refractivity contribution is -0.0495. The van der Waals surface area contributed by atoms with E-state index < -0.39 is 5.60 Å². The Morgan fingerprint density at radius 1 is 1.00 bits per heavy atom. The fourth-order valence-corrected chi connectivity index (χ4v) is 5.11. The van der Waals surface area contributed by atoms with Crippen molar-refractivity contribution in [3.63, 3.8) is 0 Å². The highest BCUT2D eigenvalue weighted by Gasteiger charge is 2.48. The summed E-state index contributed by atoms with van der Waals surface area (Å²) in [5, 5.41) is 11.8. The molecular formula is C21H29NO. The minimum Gasteiger partial charge on any atom is -0.385 e. The van der Waals surface area contributed by atoms with Crippen LogP contribution in [0.3, 0.4) is 0 Å². The van der Waals surface area contributed by atoms with Crippen molar-refractivity contribution in [2.24, 2.45) is 17.8 Å². The first-order valence-corrected chi connectivity index (χ1v) is 9.44. The van der Waals surface area contributed by atoms with Crippen LogP contribution in [0, 0.1) is 17.8 Å². The Hall–Kier alpha value is -1.12. The van der Waals surface area contributed by atoms with Gasteiger partial charge in [0.25, 0.3) is 0 Å². The van der Waals surface area contributed by atoms with Crippen LogP contribution in [0.4, 0.5) is 0 Å². The summed E-state index contributed by atoms with van der Waals surface area (Å²) in [6.45, 7) is 3.45. The molecule has 2 nitrogen and oxygen atoms in total. The van der Waals surface area contributed by atoms with Gasteiger partial charge in [-0.1, -0.05) is 48.9 Å². The van der Waals surface area contributed by atoms with E-state index in [1.807, 2.05) is 0 Å². The van der Waals surface area contributed by atoms with E-state index in [0.717, 1.165) is 24.9 Å². The van der Waals surface area contributed by atoms with Crippen LogP contribution < -0.4 is 0 Å². The van der Waals surface area contributed by atoms with Crippen molar-refractivity contribution in [2.45, 2.75) is 44.1 Å². The first kappa shape index (κ1) is 15.4. The molecule has 23 heavy (non-hydrogen) atoms. The summed E-state index contributed by atoms with van der Waals surface area (Å²) in [5.41, 5.74) is 0.464. The van der Waals surface area contributed by atoms with Gasteiger partial charge in [0.15, 0.2) is 0 Å². The van der Waals surface area contributed by atoms with E-state index in [4.69, 9.17) is 0 Å². The molecule has 2 unspecified atom stereocenters. The summed E-state index contributed by atoms with van der Waals surface area (Å²) in [6.07, 6.45) is 12.0. The Balaban J connectivity index is 1.55. The zero-order chi connectivity index (χ0) is 15.7. The Bertz CT molecular complexity index is 548. The molecule has 1 aromatic rings. The molecule has 4 rings (SSSR count). The average Bonchev–Trinajstić information content (AvgIpc) is 3.25. The van der Waals surface area contributed by atoms with Crippen LogP contribution in [-0.4, -0.2) is 29.6 Å². The maximum absolute atomic E-state index is 11.8. The second-order valence-electron chi connectivity index (χ2n) is 7.83. The molecule has 3 aliphatic rings. The summed E-state index contributed by atoms with van der Waals surface area (Å²) in [4.78, 5) is 2.56. The van der Waals surface area contributed by atoms with E-state index in [1.54, 1.807) is 0 Å².